The minimum absolute atomic E-state index is 0.169. The first kappa shape index (κ1) is 10.7. The number of aromatic hydroxyl groups is 3. The molecule has 0 aliphatic carbocycles. The highest BCUT2D eigenvalue weighted by Gasteiger charge is 2.08. The van der Waals surface area contributed by atoms with Gasteiger partial charge in [-0.05, 0) is 23.8 Å². The largest absolute Gasteiger partial charge is 0.504 e. The van der Waals surface area contributed by atoms with Crippen molar-refractivity contribution in [2.75, 3.05) is 0 Å². The molecule has 1 aromatic rings. The van der Waals surface area contributed by atoms with Crippen LogP contribution in [0.25, 0.3) is 6.08 Å². The van der Waals surface area contributed by atoms with E-state index < -0.39 is 28.9 Å². The van der Waals surface area contributed by atoms with Crippen molar-refractivity contribution in [3.63, 3.8) is 0 Å². The Hall–Kier alpha value is -2.37. The highest BCUT2D eigenvalue weighted by atomic mass is 16.4. The van der Waals surface area contributed by atoms with Crippen molar-refractivity contribution in [3.8, 4) is 17.2 Å². The standard InChI is InChI=1S/C9H9NO5/c10-5(9(14)15)1-4-2-6(11)8(13)7(12)3-4/h1-3,11-13H,10H2,(H,14,15)/b5-1-. The molecule has 0 aliphatic heterocycles. The van der Waals surface area contributed by atoms with Gasteiger partial charge in [0.15, 0.2) is 17.2 Å². The van der Waals surface area contributed by atoms with E-state index in [2.05, 4.69) is 0 Å². The molecule has 0 bridgehead atoms. The SMILES string of the molecule is N/C(=C\c1cc(O)c(O)c(O)c1)C(=O)O. The number of phenolic OH excluding ortho intramolecular Hbond substituents is 3. The molecule has 6 heteroatoms. The molecule has 0 aliphatic rings. The minimum atomic E-state index is -1.32. The Morgan fingerprint density at radius 2 is 1.67 bits per heavy atom. The van der Waals surface area contributed by atoms with E-state index in [1.54, 1.807) is 0 Å². The Morgan fingerprint density at radius 1 is 1.20 bits per heavy atom. The van der Waals surface area contributed by atoms with E-state index in [-0.39, 0.29) is 5.56 Å². The van der Waals surface area contributed by atoms with Gasteiger partial charge in [-0.3, -0.25) is 0 Å². The Morgan fingerprint density at radius 3 is 2.07 bits per heavy atom. The van der Waals surface area contributed by atoms with Gasteiger partial charge in [-0.25, -0.2) is 4.79 Å². The molecule has 0 radical (unpaired) electrons. The van der Waals surface area contributed by atoms with Crippen molar-refractivity contribution in [3.05, 3.63) is 23.4 Å². The van der Waals surface area contributed by atoms with E-state index in [1.807, 2.05) is 0 Å². The van der Waals surface area contributed by atoms with Gasteiger partial charge in [0.25, 0.3) is 0 Å². The maximum atomic E-state index is 10.4. The molecular weight excluding hydrogens is 202 g/mol. The van der Waals surface area contributed by atoms with Crippen molar-refractivity contribution in [2.24, 2.45) is 5.73 Å². The van der Waals surface area contributed by atoms with Crippen LogP contribution in [0.2, 0.25) is 0 Å². The summed E-state index contributed by atoms with van der Waals surface area (Å²) in [5.74, 6) is -3.10. The molecule has 0 heterocycles. The molecule has 0 unspecified atom stereocenters. The zero-order valence-electron chi connectivity index (χ0n) is 7.51. The van der Waals surface area contributed by atoms with Crippen molar-refractivity contribution in [1.82, 2.24) is 0 Å². The van der Waals surface area contributed by atoms with Gasteiger partial charge in [0.2, 0.25) is 0 Å². The predicted octanol–water partition coefficient (Wildman–Crippen LogP) is 0.188. The summed E-state index contributed by atoms with van der Waals surface area (Å²) in [6.07, 6.45) is 1.04. The third-order valence-electron chi connectivity index (χ3n) is 1.66. The minimum Gasteiger partial charge on any atom is -0.504 e. The summed E-state index contributed by atoms with van der Waals surface area (Å²) >= 11 is 0. The van der Waals surface area contributed by atoms with Gasteiger partial charge in [0, 0.05) is 0 Å². The lowest BCUT2D eigenvalue weighted by molar-refractivity contribution is -0.132. The monoisotopic (exact) mass is 211 g/mol. The number of phenols is 3. The van der Waals surface area contributed by atoms with E-state index in [4.69, 9.17) is 26.2 Å². The average molecular weight is 211 g/mol. The summed E-state index contributed by atoms with van der Waals surface area (Å²) in [4.78, 5) is 10.4. The molecule has 1 aromatic carbocycles. The summed E-state index contributed by atoms with van der Waals surface area (Å²) in [5, 5.41) is 35.7. The van der Waals surface area contributed by atoms with Crippen LogP contribution in [0.3, 0.4) is 0 Å². The maximum absolute atomic E-state index is 10.4. The molecule has 0 amide bonds. The van der Waals surface area contributed by atoms with Gasteiger partial charge in [-0.1, -0.05) is 0 Å². The molecule has 15 heavy (non-hydrogen) atoms. The van der Waals surface area contributed by atoms with Crippen LogP contribution < -0.4 is 5.73 Å². The van der Waals surface area contributed by atoms with Gasteiger partial charge < -0.3 is 26.2 Å². The Balaban J connectivity index is 3.18. The molecule has 6 nitrogen and oxygen atoms in total. The van der Waals surface area contributed by atoms with E-state index in [9.17, 15) is 4.79 Å². The number of hydrogen-bond acceptors (Lipinski definition) is 5. The van der Waals surface area contributed by atoms with E-state index in [1.165, 1.54) is 0 Å². The second-order valence-corrected chi connectivity index (χ2v) is 2.81. The number of rotatable bonds is 2. The summed E-state index contributed by atoms with van der Waals surface area (Å²) in [6.45, 7) is 0. The number of hydrogen-bond donors (Lipinski definition) is 5. The highest BCUT2D eigenvalue weighted by molar-refractivity contribution is 5.91. The predicted molar refractivity (Wildman–Crippen MR) is 51.2 cm³/mol. The third-order valence-corrected chi connectivity index (χ3v) is 1.66. The summed E-state index contributed by atoms with van der Waals surface area (Å²) in [5.41, 5.74) is 4.85. The maximum Gasteiger partial charge on any atom is 0.351 e. The van der Waals surface area contributed by atoms with Crippen molar-refractivity contribution >= 4 is 12.0 Å². The zero-order chi connectivity index (χ0) is 11.6. The Labute approximate surface area is 84.5 Å². The van der Waals surface area contributed by atoms with Crippen molar-refractivity contribution in [2.45, 2.75) is 0 Å². The number of aliphatic carboxylic acids is 1. The van der Waals surface area contributed by atoms with Gasteiger partial charge in [-0.2, -0.15) is 0 Å². The fraction of sp³-hybridized carbons (Fsp3) is 0. The third kappa shape index (κ3) is 2.31. The van der Waals surface area contributed by atoms with Crippen LogP contribution >= 0.6 is 0 Å². The van der Waals surface area contributed by atoms with Crippen LogP contribution in [0.4, 0.5) is 0 Å². The Bertz CT molecular complexity index is 415. The molecule has 0 atom stereocenters. The molecular formula is C9H9NO5. The topological polar surface area (TPSA) is 124 Å². The molecule has 1 rings (SSSR count). The van der Waals surface area contributed by atoms with E-state index in [0.29, 0.717) is 0 Å². The van der Waals surface area contributed by atoms with Gasteiger partial charge in [-0.15, -0.1) is 0 Å². The number of carbonyl (C=O) groups is 1. The van der Waals surface area contributed by atoms with E-state index in [0.717, 1.165) is 18.2 Å². The van der Waals surface area contributed by atoms with Gasteiger partial charge in [0.1, 0.15) is 5.70 Å². The smallest absolute Gasteiger partial charge is 0.351 e. The second kappa shape index (κ2) is 3.79. The second-order valence-electron chi connectivity index (χ2n) is 2.81. The van der Waals surface area contributed by atoms with Crippen LogP contribution in [0.15, 0.2) is 17.8 Å². The molecule has 80 valence electrons. The van der Waals surface area contributed by atoms with Crippen LogP contribution in [0, 0.1) is 0 Å². The van der Waals surface area contributed by atoms with Gasteiger partial charge >= 0.3 is 5.97 Å². The lowest BCUT2D eigenvalue weighted by Crippen LogP contribution is -2.09. The Kier molecular flexibility index (Phi) is 2.70. The summed E-state index contributed by atoms with van der Waals surface area (Å²) in [6, 6.07) is 2.15. The molecule has 0 fully saturated rings. The molecule has 6 N–H and O–H groups in total. The van der Waals surface area contributed by atoms with Crippen molar-refractivity contribution in [1.29, 1.82) is 0 Å². The molecule has 0 saturated carbocycles. The zero-order valence-corrected chi connectivity index (χ0v) is 7.51. The number of nitrogens with two attached hydrogens (primary N) is 1. The van der Waals surface area contributed by atoms with Crippen LogP contribution in [0.1, 0.15) is 5.56 Å². The quantitative estimate of drug-likeness (QED) is 0.351. The van der Waals surface area contributed by atoms with Gasteiger partial charge in [0.05, 0.1) is 0 Å². The normalized spacial score (nSPS) is 11.3. The summed E-state index contributed by atoms with van der Waals surface area (Å²) in [7, 11) is 0. The first-order valence-electron chi connectivity index (χ1n) is 3.87. The fourth-order valence-electron chi connectivity index (χ4n) is 0.950. The van der Waals surface area contributed by atoms with Crippen molar-refractivity contribution < 1.29 is 25.2 Å². The molecule has 0 saturated heterocycles. The number of carboxylic acid groups (broad SMARTS) is 1. The lowest BCUT2D eigenvalue weighted by atomic mass is 10.1. The van der Waals surface area contributed by atoms with E-state index >= 15 is 0 Å². The molecule has 0 spiro atoms. The van der Waals surface area contributed by atoms with Crippen LogP contribution in [-0.4, -0.2) is 26.4 Å². The highest BCUT2D eigenvalue weighted by Crippen LogP contribution is 2.35. The fourth-order valence-corrected chi connectivity index (χ4v) is 0.950. The lowest BCUT2D eigenvalue weighted by Gasteiger charge is -2.02. The summed E-state index contributed by atoms with van der Waals surface area (Å²) < 4.78 is 0. The average Bonchev–Trinajstić information content (AvgIpc) is 2.13. The molecule has 0 aromatic heterocycles. The van der Waals surface area contributed by atoms with Crippen LogP contribution in [-0.2, 0) is 4.79 Å². The van der Waals surface area contributed by atoms with Crippen LogP contribution in [0.5, 0.6) is 17.2 Å². The first-order valence-corrected chi connectivity index (χ1v) is 3.87. The first-order chi connectivity index (χ1) is 6.91. The number of benzene rings is 1. The number of carboxylic acids is 1.